The van der Waals surface area contributed by atoms with Crippen LogP contribution >= 0.6 is 0 Å². The number of hydrogen-bond donors (Lipinski definition) is 1. The van der Waals surface area contributed by atoms with Crippen LogP contribution in [0.15, 0.2) is 95.7 Å². The number of aliphatic hydroxyl groups excluding tert-OH is 1. The maximum absolute atomic E-state index is 13.2. The van der Waals surface area contributed by atoms with Crippen LogP contribution in [0.25, 0.3) is 21.9 Å². The van der Waals surface area contributed by atoms with Crippen molar-refractivity contribution in [1.82, 2.24) is 0 Å². The molecule has 3 nitrogen and oxygen atoms in total. The van der Waals surface area contributed by atoms with E-state index in [-0.39, 0.29) is 31.6 Å². The molecule has 0 fully saturated rings. The molecule has 11 heteroatoms. The molecule has 1 aliphatic heterocycles. The fourth-order valence-corrected chi connectivity index (χ4v) is 10.7. The van der Waals surface area contributed by atoms with Gasteiger partial charge in [-0.2, -0.15) is 26.3 Å². The van der Waals surface area contributed by atoms with Gasteiger partial charge in [0.2, 0.25) is 0 Å². The molecule has 299 valence electrons. The van der Waals surface area contributed by atoms with Crippen LogP contribution in [0.5, 0.6) is 0 Å². The Hall–Kier alpha value is -3.53. The van der Waals surface area contributed by atoms with Gasteiger partial charge in [0, 0.05) is 26.2 Å². The Kier molecular flexibility index (Phi) is 14.1. The van der Waals surface area contributed by atoms with E-state index < -0.39 is 68.5 Å². The summed E-state index contributed by atoms with van der Waals surface area (Å²) < 4.78 is 79.4. The van der Waals surface area contributed by atoms with Crippen LogP contribution in [0, 0.1) is 16.9 Å². The zero-order valence-corrected chi connectivity index (χ0v) is 36.2. The van der Waals surface area contributed by atoms with Crippen molar-refractivity contribution in [3.8, 4) is 11.1 Å². The average Bonchev–Trinajstić information content (AvgIpc) is 3.38. The van der Waals surface area contributed by atoms with Crippen molar-refractivity contribution < 1.29 is 56.3 Å². The molecule has 0 bridgehead atoms. The molecule has 0 aliphatic carbocycles. The number of fused-ring (bicyclic) bond motifs is 2. The number of halogens is 6. The summed E-state index contributed by atoms with van der Waals surface area (Å²) in [5, 5.41) is 15.0. The van der Waals surface area contributed by atoms with Gasteiger partial charge in [-0.25, -0.2) is 0 Å². The predicted molar refractivity (Wildman–Crippen MR) is 211 cm³/mol. The SMILES string of the molecule is CC(C)(C)c1cc(C2=Nc3cccc(-c4ccccc4)c3[Si]2(C)C)[c-]c2ccccc12.CCC(CC)(C(=O)/C=C(\O)C(CC)(CC)C(F)(F)F)C(F)(F)F.[Ir]. The van der Waals surface area contributed by atoms with Gasteiger partial charge in [-0.3, -0.25) is 9.79 Å². The first-order valence-corrected chi connectivity index (χ1v) is 21.4. The minimum absolute atomic E-state index is 0. The normalized spacial score (nSPS) is 14.7. The first-order valence-electron chi connectivity index (χ1n) is 18.4. The van der Waals surface area contributed by atoms with Crippen molar-refractivity contribution in [3.05, 3.63) is 108 Å². The monoisotopic (exact) mass is 959 g/mol. The molecule has 4 aromatic rings. The van der Waals surface area contributed by atoms with Crippen molar-refractivity contribution in [3.63, 3.8) is 0 Å². The minimum Gasteiger partial charge on any atom is -0.511 e. The molecule has 0 aromatic heterocycles. The smallest absolute Gasteiger partial charge is 0.401 e. The maximum atomic E-state index is 13.2. The quantitative estimate of drug-likeness (QED) is 0.0597. The van der Waals surface area contributed by atoms with Crippen LogP contribution in [0.3, 0.4) is 0 Å². The Morgan fingerprint density at radius 3 is 1.80 bits per heavy atom. The van der Waals surface area contributed by atoms with Gasteiger partial charge in [-0.05, 0) is 58.8 Å². The number of carbonyl (C=O) groups is 1. The molecule has 0 unspecified atom stereocenters. The molecule has 5 rings (SSSR count). The van der Waals surface area contributed by atoms with Crippen LogP contribution in [-0.2, 0) is 30.3 Å². The van der Waals surface area contributed by atoms with E-state index >= 15 is 0 Å². The number of carbonyl (C=O) groups excluding carboxylic acids is 1. The minimum atomic E-state index is -4.91. The zero-order valence-electron chi connectivity index (χ0n) is 32.8. The Labute approximate surface area is 335 Å². The Morgan fingerprint density at radius 1 is 0.764 bits per heavy atom. The standard InChI is InChI=1S/C29H28NSi.C15H22F6O2.Ir/c1-29(2,3)25-19-22(18-21-14-9-10-15-23(21)25)28-30-26-17-11-16-24(27(26)31(28,4)5)20-12-7-6-8-13-20;1-5-12(6-2,14(16,17)18)10(22)9-11(23)13(7-3,8-4)15(19,20)21;/h6-17,19H,1-5H3;9,22H,5-8H2,1-4H3;/q-1;;/b;10-9-;. The van der Waals surface area contributed by atoms with Crippen molar-refractivity contribution in [2.75, 3.05) is 0 Å². The van der Waals surface area contributed by atoms with Crippen molar-refractivity contribution >= 4 is 40.8 Å². The molecular formula is C44H50F6IrNO2Si-. The number of benzene rings is 4. The zero-order chi connectivity index (χ0) is 40.5. The second-order valence-corrected chi connectivity index (χ2v) is 19.7. The van der Waals surface area contributed by atoms with E-state index in [0.717, 1.165) is 38.9 Å². The van der Waals surface area contributed by atoms with Gasteiger partial charge in [0.05, 0.1) is 5.69 Å². The van der Waals surface area contributed by atoms with Crippen molar-refractivity contribution in [1.29, 1.82) is 0 Å². The summed E-state index contributed by atoms with van der Waals surface area (Å²) in [6, 6.07) is 32.0. The van der Waals surface area contributed by atoms with Gasteiger partial charge in [0.1, 0.15) is 24.7 Å². The summed E-state index contributed by atoms with van der Waals surface area (Å²) >= 11 is 0. The molecule has 0 atom stereocenters. The van der Waals surface area contributed by atoms with Crippen LogP contribution in [0.4, 0.5) is 32.0 Å². The Morgan fingerprint density at radius 2 is 1.29 bits per heavy atom. The molecule has 0 spiro atoms. The van der Waals surface area contributed by atoms with E-state index in [1.807, 2.05) is 0 Å². The van der Waals surface area contributed by atoms with Crippen molar-refractivity contribution in [2.45, 2.75) is 105 Å². The molecule has 0 amide bonds. The van der Waals surface area contributed by atoms with E-state index in [2.05, 4.69) is 119 Å². The largest absolute Gasteiger partial charge is 0.511 e. The molecule has 0 saturated carbocycles. The third-order valence-electron chi connectivity index (χ3n) is 11.1. The van der Waals surface area contributed by atoms with E-state index in [4.69, 9.17) is 4.99 Å². The molecule has 1 radical (unpaired) electrons. The number of ketones is 1. The van der Waals surface area contributed by atoms with E-state index in [9.17, 15) is 36.2 Å². The number of aliphatic hydroxyl groups is 1. The molecule has 1 aliphatic rings. The maximum Gasteiger partial charge on any atom is 0.401 e. The fraction of sp³-hybridized carbons (Fsp3) is 0.409. The van der Waals surface area contributed by atoms with Gasteiger partial charge in [0.25, 0.3) is 0 Å². The van der Waals surface area contributed by atoms with E-state index in [0.29, 0.717) is 0 Å². The number of rotatable bonds is 9. The van der Waals surface area contributed by atoms with Gasteiger partial charge in [-0.1, -0.05) is 128 Å². The number of allylic oxidation sites excluding steroid dienone is 2. The van der Waals surface area contributed by atoms with Crippen LogP contribution in [0.1, 0.15) is 85.3 Å². The molecule has 0 saturated heterocycles. The number of alkyl halides is 6. The van der Waals surface area contributed by atoms with Gasteiger partial charge in [-0.15, -0.1) is 34.7 Å². The van der Waals surface area contributed by atoms with E-state index in [1.165, 1.54) is 38.0 Å². The number of aliphatic imine (C=N–C) groups is 1. The third kappa shape index (κ3) is 8.59. The Balaban J connectivity index is 0.000000306. The van der Waals surface area contributed by atoms with Crippen LogP contribution in [0.2, 0.25) is 13.1 Å². The van der Waals surface area contributed by atoms with Crippen LogP contribution < -0.4 is 5.19 Å². The molecule has 1 heterocycles. The molecule has 55 heavy (non-hydrogen) atoms. The van der Waals surface area contributed by atoms with Gasteiger partial charge < -0.3 is 5.11 Å². The van der Waals surface area contributed by atoms with Crippen molar-refractivity contribution in [2.24, 2.45) is 15.8 Å². The summed E-state index contributed by atoms with van der Waals surface area (Å²) in [5.41, 5.74) is 0.794. The van der Waals surface area contributed by atoms with Crippen LogP contribution in [-0.4, -0.2) is 36.7 Å². The second-order valence-electron chi connectivity index (χ2n) is 15.5. The molecule has 4 aromatic carbocycles. The summed E-state index contributed by atoms with van der Waals surface area (Å²) in [4.78, 5) is 17.3. The molecule has 1 N–H and O–H groups in total. The van der Waals surface area contributed by atoms with Gasteiger partial charge >= 0.3 is 12.4 Å². The number of hydrogen-bond acceptors (Lipinski definition) is 3. The molecular weight excluding hydrogens is 909 g/mol. The first-order chi connectivity index (χ1) is 25.1. The topological polar surface area (TPSA) is 49.7 Å². The van der Waals surface area contributed by atoms with Gasteiger partial charge in [0.15, 0.2) is 5.78 Å². The number of nitrogens with zero attached hydrogens (tertiary/aromatic N) is 1. The second kappa shape index (κ2) is 16.9. The Bertz CT molecular complexity index is 2040. The summed E-state index contributed by atoms with van der Waals surface area (Å²) in [5.74, 6) is -2.92. The third-order valence-corrected chi connectivity index (χ3v) is 14.5. The first kappa shape index (κ1) is 45.9. The summed E-state index contributed by atoms with van der Waals surface area (Å²) in [6.07, 6.45) is -12.1. The van der Waals surface area contributed by atoms with E-state index in [1.54, 1.807) is 0 Å². The average molecular weight is 959 g/mol. The predicted octanol–water partition coefficient (Wildman–Crippen LogP) is 12.9. The summed E-state index contributed by atoms with van der Waals surface area (Å²) in [7, 11) is -2.01. The summed E-state index contributed by atoms with van der Waals surface area (Å²) in [6.45, 7) is 16.3. The fourth-order valence-electron chi connectivity index (χ4n) is 7.60.